The molecule has 0 radical (unpaired) electrons. The van der Waals surface area contributed by atoms with Crippen molar-refractivity contribution in [3.8, 4) is 0 Å². The molecule has 0 aliphatic heterocycles. The van der Waals surface area contributed by atoms with Crippen LogP contribution in [0.25, 0.3) is 0 Å². The highest BCUT2D eigenvalue weighted by Gasteiger charge is 2.45. The van der Waals surface area contributed by atoms with Crippen molar-refractivity contribution < 1.29 is 4.79 Å². The molecule has 1 aliphatic carbocycles. The summed E-state index contributed by atoms with van der Waals surface area (Å²) in [7, 11) is 0. The van der Waals surface area contributed by atoms with Crippen molar-refractivity contribution in [2.24, 2.45) is 0 Å². The van der Waals surface area contributed by atoms with Crippen LogP contribution in [0.15, 0.2) is 53.1 Å². The van der Waals surface area contributed by atoms with Crippen molar-refractivity contribution in [1.29, 1.82) is 0 Å². The first-order chi connectivity index (χ1) is 10.2. The van der Waals surface area contributed by atoms with Crippen LogP contribution in [-0.4, -0.2) is 10.9 Å². The molecule has 3 rings (SSSR count). The van der Waals surface area contributed by atoms with E-state index in [9.17, 15) is 4.79 Å². The van der Waals surface area contributed by atoms with Gasteiger partial charge in [-0.15, -0.1) is 0 Å². The summed E-state index contributed by atoms with van der Waals surface area (Å²) in [4.78, 5) is 16.9. The van der Waals surface area contributed by atoms with Crippen LogP contribution in [0.2, 0.25) is 0 Å². The molecule has 1 heterocycles. The van der Waals surface area contributed by atoms with E-state index in [1.807, 2.05) is 42.5 Å². The fraction of sp³-hybridized carbons (Fsp3) is 0.294. The molecule has 21 heavy (non-hydrogen) atoms. The van der Waals surface area contributed by atoms with Crippen LogP contribution in [0.1, 0.15) is 30.5 Å². The lowest BCUT2D eigenvalue weighted by molar-refractivity contribution is -0.130. The van der Waals surface area contributed by atoms with Crippen molar-refractivity contribution in [2.75, 3.05) is 0 Å². The molecule has 0 unspecified atom stereocenters. The van der Waals surface area contributed by atoms with Crippen molar-refractivity contribution in [1.82, 2.24) is 10.3 Å². The summed E-state index contributed by atoms with van der Waals surface area (Å²) in [6.07, 6.45) is 4.69. The predicted octanol–water partition coefficient (Wildman–Crippen LogP) is 3.58. The number of aromatic nitrogens is 1. The van der Waals surface area contributed by atoms with Gasteiger partial charge in [0.2, 0.25) is 5.91 Å². The molecule has 0 atom stereocenters. The third kappa shape index (κ3) is 2.86. The molecule has 0 spiro atoms. The topological polar surface area (TPSA) is 42.0 Å². The van der Waals surface area contributed by atoms with Crippen LogP contribution in [-0.2, 0) is 16.8 Å². The quantitative estimate of drug-likeness (QED) is 0.920. The Morgan fingerprint density at radius 1 is 1.19 bits per heavy atom. The molecule has 1 aromatic carbocycles. The van der Waals surface area contributed by atoms with Crippen LogP contribution in [0.5, 0.6) is 0 Å². The van der Waals surface area contributed by atoms with Gasteiger partial charge in [-0.1, -0.05) is 40.5 Å². The Bertz CT molecular complexity index is 621. The summed E-state index contributed by atoms with van der Waals surface area (Å²) in [6, 6.07) is 13.8. The number of hydrogen-bond acceptors (Lipinski definition) is 2. The van der Waals surface area contributed by atoms with Crippen LogP contribution in [0.3, 0.4) is 0 Å². The summed E-state index contributed by atoms with van der Waals surface area (Å²) in [5.74, 6) is 0.113. The number of carbonyl (C=O) groups excluding carboxylic acids is 1. The lowest BCUT2D eigenvalue weighted by atomic mass is 9.64. The Kier molecular flexibility index (Phi) is 4.06. The first-order valence-corrected chi connectivity index (χ1v) is 7.94. The number of hydrogen-bond donors (Lipinski definition) is 1. The van der Waals surface area contributed by atoms with Gasteiger partial charge in [0.05, 0.1) is 17.7 Å². The largest absolute Gasteiger partial charge is 0.350 e. The van der Waals surface area contributed by atoms with E-state index in [0.29, 0.717) is 6.54 Å². The number of carbonyl (C=O) groups is 1. The third-order valence-corrected chi connectivity index (χ3v) is 4.72. The first kappa shape index (κ1) is 14.3. The highest BCUT2D eigenvalue weighted by Crippen LogP contribution is 2.44. The molecule has 4 heteroatoms. The molecule has 1 amide bonds. The van der Waals surface area contributed by atoms with E-state index in [0.717, 1.165) is 35.0 Å². The zero-order chi connectivity index (χ0) is 14.7. The van der Waals surface area contributed by atoms with E-state index in [4.69, 9.17) is 0 Å². The number of rotatable bonds is 4. The molecule has 1 N–H and O–H groups in total. The lowest BCUT2D eigenvalue weighted by Crippen LogP contribution is -2.49. The maximum Gasteiger partial charge on any atom is 0.230 e. The first-order valence-electron chi connectivity index (χ1n) is 7.15. The monoisotopic (exact) mass is 344 g/mol. The Morgan fingerprint density at radius 2 is 1.95 bits per heavy atom. The van der Waals surface area contributed by atoms with Crippen LogP contribution >= 0.6 is 15.9 Å². The molecule has 2 aromatic rings. The average molecular weight is 345 g/mol. The second kappa shape index (κ2) is 5.98. The van der Waals surface area contributed by atoms with E-state index in [-0.39, 0.29) is 11.3 Å². The summed E-state index contributed by atoms with van der Waals surface area (Å²) >= 11 is 3.44. The summed E-state index contributed by atoms with van der Waals surface area (Å²) < 4.78 is 1.04. The Hall–Kier alpha value is -1.68. The van der Waals surface area contributed by atoms with E-state index >= 15 is 0 Å². The average Bonchev–Trinajstić information content (AvgIpc) is 2.47. The summed E-state index contributed by atoms with van der Waals surface area (Å²) in [6.45, 7) is 0.484. The smallest absolute Gasteiger partial charge is 0.230 e. The summed E-state index contributed by atoms with van der Waals surface area (Å²) in [5.41, 5.74) is 1.64. The second-order valence-electron chi connectivity index (χ2n) is 5.45. The van der Waals surface area contributed by atoms with Gasteiger partial charge in [0.1, 0.15) is 0 Å². The van der Waals surface area contributed by atoms with Crippen molar-refractivity contribution in [2.45, 2.75) is 31.2 Å². The summed E-state index contributed by atoms with van der Waals surface area (Å²) in [5, 5.41) is 3.04. The molecular weight excluding hydrogens is 328 g/mol. The third-order valence-electron chi connectivity index (χ3n) is 4.19. The van der Waals surface area contributed by atoms with Gasteiger partial charge in [0.25, 0.3) is 0 Å². The molecule has 1 aliphatic rings. The van der Waals surface area contributed by atoms with Gasteiger partial charge in [0.15, 0.2) is 0 Å². The van der Waals surface area contributed by atoms with Gasteiger partial charge in [-0.3, -0.25) is 9.78 Å². The number of nitrogens with one attached hydrogen (secondary N) is 1. The van der Waals surface area contributed by atoms with Gasteiger partial charge >= 0.3 is 0 Å². The number of nitrogens with zero attached hydrogens (tertiary/aromatic N) is 1. The minimum atomic E-state index is -0.352. The Balaban J connectivity index is 1.73. The second-order valence-corrected chi connectivity index (χ2v) is 6.36. The van der Waals surface area contributed by atoms with Crippen molar-refractivity contribution in [3.05, 3.63) is 64.4 Å². The fourth-order valence-electron chi connectivity index (χ4n) is 2.79. The zero-order valence-electron chi connectivity index (χ0n) is 11.7. The highest BCUT2D eigenvalue weighted by molar-refractivity contribution is 9.10. The maximum atomic E-state index is 12.7. The van der Waals surface area contributed by atoms with E-state index in [1.54, 1.807) is 6.20 Å². The van der Waals surface area contributed by atoms with Gasteiger partial charge in [-0.05, 0) is 42.7 Å². The minimum Gasteiger partial charge on any atom is -0.350 e. The minimum absolute atomic E-state index is 0.113. The number of amides is 1. The maximum absolute atomic E-state index is 12.7. The molecule has 1 fully saturated rings. The standard InChI is InChI=1S/C17H17BrN2O/c18-14-7-5-13(6-8-14)17(9-3-10-17)16(21)20-12-15-4-1-2-11-19-15/h1-2,4-8,11H,3,9-10,12H2,(H,20,21). The lowest BCUT2D eigenvalue weighted by Gasteiger charge is -2.40. The molecule has 3 nitrogen and oxygen atoms in total. The van der Waals surface area contributed by atoms with E-state index in [2.05, 4.69) is 26.2 Å². The zero-order valence-corrected chi connectivity index (χ0v) is 13.3. The van der Waals surface area contributed by atoms with Gasteiger partial charge in [0, 0.05) is 10.7 Å². The van der Waals surface area contributed by atoms with E-state index in [1.165, 1.54) is 0 Å². The normalized spacial score (nSPS) is 16.0. The molecule has 0 bridgehead atoms. The number of benzene rings is 1. The number of halogens is 1. The van der Waals surface area contributed by atoms with Crippen LogP contribution < -0.4 is 5.32 Å². The van der Waals surface area contributed by atoms with Crippen LogP contribution in [0, 0.1) is 0 Å². The Morgan fingerprint density at radius 3 is 2.52 bits per heavy atom. The van der Waals surface area contributed by atoms with Crippen molar-refractivity contribution >= 4 is 21.8 Å². The SMILES string of the molecule is O=C(NCc1ccccn1)C1(c2ccc(Br)cc2)CCC1. The molecule has 108 valence electrons. The predicted molar refractivity (Wildman–Crippen MR) is 85.8 cm³/mol. The number of pyridine rings is 1. The van der Waals surface area contributed by atoms with Gasteiger partial charge in [-0.2, -0.15) is 0 Å². The molecule has 0 saturated heterocycles. The molecule has 1 saturated carbocycles. The molecular formula is C17H17BrN2O. The highest BCUT2D eigenvalue weighted by atomic mass is 79.9. The van der Waals surface area contributed by atoms with Gasteiger partial charge < -0.3 is 5.32 Å². The van der Waals surface area contributed by atoms with Crippen LogP contribution in [0.4, 0.5) is 0 Å². The molecule has 1 aromatic heterocycles. The Labute approximate surface area is 132 Å². The van der Waals surface area contributed by atoms with Gasteiger partial charge in [-0.25, -0.2) is 0 Å². The van der Waals surface area contributed by atoms with Crippen molar-refractivity contribution in [3.63, 3.8) is 0 Å². The fourth-order valence-corrected chi connectivity index (χ4v) is 3.05. The van der Waals surface area contributed by atoms with E-state index < -0.39 is 0 Å².